The Bertz CT molecular complexity index is 241. The molecule has 0 saturated heterocycles. The van der Waals surface area contributed by atoms with E-state index in [1.54, 1.807) is 6.92 Å². The lowest BCUT2D eigenvalue weighted by molar-refractivity contribution is -0.140. The van der Waals surface area contributed by atoms with E-state index < -0.39 is 0 Å². The van der Waals surface area contributed by atoms with Crippen LogP contribution in [0, 0.1) is 11.8 Å². The third-order valence-corrected chi connectivity index (χ3v) is 2.14. The molecule has 0 N–H and O–H groups in total. The van der Waals surface area contributed by atoms with Gasteiger partial charge in [-0.05, 0) is 32.1 Å². The fraction of sp³-hybridized carbons (Fsp3) is 0.615. The van der Waals surface area contributed by atoms with E-state index in [1.807, 2.05) is 6.92 Å². The number of carbonyl (C=O) groups is 1. The van der Waals surface area contributed by atoms with Crippen molar-refractivity contribution in [1.29, 1.82) is 0 Å². The molecule has 0 saturated carbocycles. The van der Waals surface area contributed by atoms with Gasteiger partial charge in [-0.2, -0.15) is 0 Å². The zero-order valence-electron chi connectivity index (χ0n) is 10.2. The van der Waals surface area contributed by atoms with E-state index in [1.165, 1.54) is 0 Å². The van der Waals surface area contributed by atoms with Crippen molar-refractivity contribution in [3.05, 3.63) is 24.3 Å². The lowest BCUT2D eigenvalue weighted by Crippen LogP contribution is -2.14. The molecule has 86 valence electrons. The van der Waals surface area contributed by atoms with Crippen molar-refractivity contribution < 1.29 is 9.53 Å². The van der Waals surface area contributed by atoms with Gasteiger partial charge in [-0.3, -0.25) is 0 Å². The lowest BCUT2D eigenvalue weighted by Gasteiger charge is -2.14. The van der Waals surface area contributed by atoms with E-state index in [0.717, 1.165) is 6.42 Å². The molecule has 0 heterocycles. The molecule has 0 fully saturated rings. The fourth-order valence-electron chi connectivity index (χ4n) is 1.45. The molecule has 0 bridgehead atoms. The van der Waals surface area contributed by atoms with E-state index in [0.29, 0.717) is 24.0 Å². The van der Waals surface area contributed by atoms with Crippen LogP contribution in [0.25, 0.3) is 0 Å². The molecule has 0 aromatic rings. The highest BCUT2D eigenvalue weighted by atomic mass is 16.5. The van der Waals surface area contributed by atoms with Crippen LogP contribution in [0.4, 0.5) is 0 Å². The lowest BCUT2D eigenvalue weighted by atomic mass is 9.98. The van der Waals surface area contributed by atoms with Crippen LogP contribution in [0.15, 0.2) is 24.3 Å². The van der Waals surface area contributed by atoms with Crippen LogP contribution in [0.1, 0.15) is 34.1 Å². The second-order valence-corrected chi connectivity index (χ2v) is 4.22. The van der Waals surface area contributed by atoms with Gasteiger partial charge in [0, 0.05) is 5.57 Å². The van der Waals surface area contributed by atoms with Gasteiger partial charge in [0.25, 0.3) is 0 Å². The van der Waals surface area contributed by atoms with Crippen LogP contribution >= 0.6 is 0 Å². The summed E-state index contributed by atoms with van der Waals surface area (Å²) in [6.07, 6.45) is 5.25. The predicted octanol–water partition coefficient (Wildman–Crippen LogP) is 3.34. The van der Waals surface area contributed by atoms with E-state index in [2.05, 4.69) is 32.6 Å². The number of hydrogen-bond donors (Lipinski definition) is 0. The molecule has 2 heteroatoms. The van der Waals surface area contributed by atoms with Gasteiger partial charge in [-0.1, -0.05) is 32.6 Å². The van der Waals surface area contributed by atoms with Gasteiger partial charge in [-0.15, -0.1) is 0 Å². The van der Waals surface area contributed by atoms with Gasteiger partial charge in [-0.25, -0.2) is 4.79 Å². The predicted molar refractivity (Wildman–Crippen MR) is 63.5 cm³/mol. The minimum absolute atomic E-state index is 0.291. The van der Waals surface area contributed by atoms with Crippen LogP contribution in [-0.4, -0.2) is 12.6 Å². The molecule has 2 unspecified atom stereocenters. The molecule has 0 spiro atoms. The molecule has 0 rings (SSSR count). The maximum Gasteiger partial charge on any atom is 0.333 e. The molecule has 0 aliphatic rings. The molecule has 0 aromatic carbocycles. The summed E-state index contributed by atoms with van der Waals surface area (Å²) in [5, 5.41) is 0. The smallest absolute Gasteiger partial charge is 0.333 e. The second-order valence-electron chi connectivity index (χ2n) is 4.22. The maximum absolute atomic E-state index is 11.1. The summed E-state index contributed by atoms with van der Waals surface area (Å²) in [6.45, 7) is 11.9. The summed E-state index contributed by atoms with van der Waals surface area (Å²) in [6, 6.07) is 0. The SMILES string of the molecule is C=C(C)C(=O)OCC(C)CC(C)C=CC. The normalized spacial score (nSPS) is 14.9. The second kappa shape index (κ2) is 7.27. The molecule has 0 aliphatic heterocycles. The van der Waals surface area contributed by atoms with Gasteiger partial charge in [0.2, 0.25) is 0 Å². The van der Waals surface area contributed by atoms with Crippen molar-refractivity contribution in [1.82, 2.24) is 0 Å². The van der Waals surface area contributed by atoms with Gasteiger partial charge >= 0.3 is 5.97 Å². The van der Waals surface area contributed by atoms with Gasteiger partial charge in [0.15, 0.2) is 0 Å². The van der Waals surface area contributed by atoms with Crippen LogP contribution < -0.4 is 0 Å². The first-order valence-corrected chi connectivity index (χ1v) is 5.42. The highest BCUT2D eigenvalue weighted by Crippen LogP contribution is 2.13. The number of esters is 1. The average Bonchev–Trinajstić information content (AvgIpc) is 2.14. The standard InChI is InChI=1S/C13H22O2/c1-6-7-11(4)8-12(5)9-15-13(14)10(2)3/h6-7,11-12H,2,8-9H2,1,3-5H3. The van der Waals surface area contributed by atoms with Crippen molar-refractivity contribution in [2.75, 3.05) is 6.61 Å². The minimum atomic E-state index is -0.291. The summed E-state index contributed by atoms with van der Waals surface area (Å²) < 4.78 is 5.08. The Morgan fingerprint density at radius 1 is 1.47 bits per heavy atom. The molecule has 2 nitrogen and oxygen atoms in total. The van der Waals surface area contributed by atoms with E-state index in [-0.39, 0.29) is 5.97 Å². The molecular weight excluding hydrogens is 188 g/mol. The zero-order chi connectivity index (χ0) is 11.8. The number of rotatable bonds is 6. The molecule has 15 heavy (non-hydrogen) atoms. The number of allylic oxidation sites excluding steroid dienone is 2. The van der Waals surface area contributed by atoms with Crippen molar-refractivity contribution >= 4 is 5.97 Å². The number of hydrogen-bond acceptors (Lipinski definition) is 2. The zero-order valence-corrected chi connectivity index (χ0v) is 10.2. The Morgan fingerprint density at radius 2 is 2.07 bits per heavy atom. The average molecular weight is 210 g/mol. The van der Waals surface area contributed by atoms with Crippen LogP contribution in [0.2, 0.25) is 0 Å². The van der Waals surface area contributed by atoms with E-state index in [9.17, 15) is 4.79 Å². The van der Waals surface area contributed by atoms with Crippen LogP contribution in [0.5, 0.6) is 0 Å². The summed E-state index contributed by atoms with van der Waals surface area (Å²) in [5.41, 5.74) is 0.462. The first kappa shape index (κ1) is 13.9. The highest BCUT2D eigenvalue weighted by molar-refractivity contribution is 5.86. The van der Waals surface area contributed by atoms with Gasteiger partial charge < -0.3 is 4.74 Å². The van der Waals surface area contributed by atoms with Gasteiger partial charge in [0.1, 0.15) is 0 Å². The largest absolute Gasteiger partial charge is 0.462 e. The van der Waals surface area contributed by atoms with Crippen molar-refractivity contribution in [3.63, 3.8) is 0 Å². The monoisotopic (exact) mass is 210 g/mol. The number of ether oxygens (including phenoxy) is 1. The Hall–Kier alpha value is -1.05. The Kier molecular flexibility index (Phi) is 6.76. The maximum atomic E-state index is 11.1. The first-order valence-electron chi connectivity index (χ1n) is 5.42. The summed E-state index contributed by atoms with van der Waals surface area (Å²) in [5.74, 6) is 0.633. The van der Waals surface area contributed by atoms with E-state index in [4.69, 9.17) is 4.74 Å². The first-order chi connectivity index (χ1) is 6.97. The topological polar surface area (TPSA) is 26.3 Å². The molecule has 2 atom stereocenters. The summed E-state index contributed by atoms with van der Waals surface area (Å²) >= 11 is 0. The minimum Gasteiger partial charge on any atom is -0.462 e. The van der Waals surface area contributed by atoms with Crippen LogP contribution in [-0.2, 0) is 9.53 Å². The molecule has 0 amide bonds. The van der Waals surface area contributed by atoms with E-state index >= 15 is 0 Å². The van der Waals surface area contributed by atoms with Crippen LogP contribution in [0.3, 0.4) is 0 Å². The molecule has 0 aromatic heterocycles. The Balaban J connectivity index is 3.79. The third kappa shape index (κ3) is 6.95. The summed E-state index contributed by atoms with van der Waals surface area (Å²) in [4.78, 5) is 11.1. The summed E-state index contributed by atoms with van der Waals surface area (Å²) in [7, 11) is 0. The Labute approximate surface area is 93.0 Å². The van der Waals surface area contributed by atoms with Crippen molar-refractivity contribution in [2.24, 2.45) is 11.8 Å². The molecule has 0 aliphatic carbocycles. The van der Waals surface area contributed by atoms with Crippen molar-refractivity contribution in [2.45, 2.75) is 34.1 Å². The quantitative estimate of drug-likeness (QED) is 0.382. The number of carbonyl (C=O) groups excluding carboxylic acids is 1. The third-order valence-electron chi connectivity index (χ3n) is 2.14. The highest BCUT2D eigenvalue weighted by Gasteiger charge is 2.09. The molecular formula is C13H22O2. The fourth-order valence-corrected chi connectivity index (χ4v) is 1.45. The van der Waals surface area contributed by atoms with Gasteiger partial charge in [0.05, 0.1) is 6.61 Å². The Morgan fingerprint density at radius 3 is 2.53 bits per heavy atom. The molecule has 0 radical (unpaired) electrons. The van der Waals surface area contributed by atoms with Crippen molar-refractivity contribution in [3.8, 4) is 0 Å².